The topological polar surface area (TPSA) is 35.2 Å². The zero-order valence-electron chi connectivity index (χ0n) is 9.80. The van der Waals surface area contributed by atoms with E-state index < -0.39 is 0 Å². The highest BCUT2D eigenvalue weighted by atomic mass is 35.5. The van der Waals surface area contributed by atoms with Gasteiger partial charge in [-0.05, 0) is 24.3 Å². The summed E-state index contributed by atoms with van der Waals surface area (Å²) in [6, 6.07) is 15.5. The quantitative estimate of drug-likeness (QED) is 0.509. The monoisotopic (exact) mass is 279 g/mol. The highest BCUT2D eigenvalue weighted by Gasteiger charge is 2.01. The predicted molar refractivity (Wildman–Crippen MR) is 78.5 cm³/mol. The van der Waals surface area contributed by atoms with Crippen molar-refractivity contribution in [2.45, 2.75) is 4.90 Å². The van der Waals surface area contributed by atoms with Gasteiger partial charge >= 0.3 is 0 Å². The molecule has 0 spiro atoms. The minimum atomic E-state index is 0.592. The Bertz CT molecular complexity index is 504. The van der Waals surface area contributed by atoms with Crippen molar-refractivity contribution in [2.24, 2.45) is 0 Å². The first-order chi connectivity index (χ1) is 8.75. The summed E-state index contributed by atoms with van der Waals surface area (Å²) in [7, 11) is 0. The Hall–Kier alpha value is -1.32. The van der Waals surface area contributed by atoms with Gasteiger partial charge < -0.3 is 10.5 Å². The Kier molecular flexibility index (Phi) is 4.79. The summed E-state index contributed by atoms with van der Waals surface area (Å²) in [6.07, 6.45) is 0. The number of thioether (sulfide) groups is 1. The third kappa shape index (κ3) is 3.86. The van der Waals surface area contributed by atoms with E-state index >= 15 is 0 Å². The van der Waals surface area contributed by atoms with Crippen LogP contribution in [-0.2, 0) is 0 Å². The molecule has 2 rings (SSSR count). The van der Waals surface area contributed by atoms with Crippen LogP contribution < -0.4 is 10.5 Å². The first-order valence-electron chi connectivity index (χ1n) is 5.61. The van der Waals surface area contributed by atoms with Crippen LogP contribution in [0.3, 0.4) is 0 Å². The summed E-state index contributed by atoms with van der Waals surface area (Å²) in [4.78, 5) is 1.24. The van der Waals surface area contributed by atoms with Gasteiger partial charge in [0.25, 0.3) is 0 Å². The summed E-state index contributed by atoms with van der Waals surface area (Å²) in [5.74, 6) is 1.51. The van der Waals surface area contributed by atoms with Crippen molar-refractivity contribution in [1.82, 2.24) is 0 Å². The molecule has 0 unspecified atom stereocenters. The highest BCUT2D eigenvalue weighted by Crippen LogP contribution is 2.27. The van der Waals surface area contributed by atoms with Crippen LogP contribution in [-0.4, -0.2) is 12.4 Å². The van der Waals surface area contributed by atoms with Gasteiger partial charge in [-0.3, -0.25) is 0 Å². The predicted octanol–water partition coefficient (Wildman–Crippen LogP) is 4.09. The van der Waals surface area contributed by atoms with Crippen molar-refractivity contribution >= 4 is 29.1 Å². The third-order valence-electron chi connectivity index (χ3n) is 2.31. The van der Waals surface area contributed by atoms with Gasteiger partial charge in [-0.1, -0.05) is 29.8 Å². The molecule has 0 aliphatic carbocycles. The molecular formula is C14H14ClNOS. The molecule has 0 aliphatic heterocycles. The van der Waals surface area contributed by atoms with Crippen molar-refractivity contribution in [3.8, 4) is 5.75 Å². The van der Waals surface area contributed by atoms with Gasteiger partial charge in [0, 0.05) is 22.4 Å². The largest absolute Gasteiger partial charge is 0.491 e. The molecule has 0 bridgehead atoms. The smallest absolute Gasteiger partial charge is 0.139 e. The molecule has 0 aromatic heterocycles. The maximum absolute atomic E-state index is 6.00. The molecule has 0 aliphatic rings. The van der Waals surface area contributed by atoms with Crippen LogP contribution in [0.5, 0.6) is 5.75 Å². The maximum Gasteiger partial charge on any atom is 0.139 e. The van der Waals surface area contributed by atoms with E-state index in [1.807, 2.05) is 18.2 Å². The van der Waals surface area contributed by atoms with Crippen LogP contribution in [0.15, 0.2) is 53.4 Å². The van der Waals surface area contributed by atoms with E-state index in [4.69, 9.17) is 22.1 Å². The van der Waals surface area contributed by atoms with Crippen LogP contribution in [0, 0.1) is 0 Å². The minimum Gasteiger partial charge on any atom is -0.491 e. The number of hydrogen-bond donors (Lipinski definition) is 1. The van der Waals surface area contributed by atoms with Gasteiger partial charge in [-0.25, -0.2) is 0 Å². The molecule has 2 nitrogen and oxygen atoms in total. The zero-order chi connectivity index (χ0) is 12.8. The molecule has 94 valence electrons. The Morgan fingerprint density at radius 1 is 1.11 bits per heavy atom. The average molecular weight is 280 g/mol. The van der Waals surface area contributed by atoms with Crippen LogP contribution >= 0.6 is 23.4 Å². The van der Waals surface area contributed by atoms with E-state index in [9.17, 15) is 0 Å². The van der Waals surface area contributed by atoms with Crippen LogP contribution in [0.2, 0.25) is 5.02 Å². The summed E-state index contributed by atoms with van der Waals surface area (Å²) < 4.78 is 5.61. The molecule has 4 heteroatoms. The summed E-state index contributed by atoms with van der Waals surface area (Å²) in [5.41, 5.74) is 6.34. The summed E-state index contributed by atoms with van der Waals surface area (Å²) in [5, 5.41) is 0.592. The second-order valence-electron chi connectivity index (χ2n) is 3.70. The van der Waals surface area contributed by atoms with Gasteiger partial charge in [-0.15, -0.1) is 11.8 Å². The van der Waals surface area contributed by atoms with E-state index in [1.54, 1.807) is 30.0 Å². The number of hydrogen-bond acceptors (Lipinski definition) is 3. The molecule has 0 heterocycles. The number of anilines is 1. The van der Waals surface area contributed by atoms with Crippen molar-refractivity contribution in [2.75, 3.05) is 18.1 Å². The lowest BCUT2D eigenvalue weighted by molar-refractivity contribution is 0.344. The van der Waals surface area contributed by atoms with E-state index in [-0.39, 0.29) is 0 Å². The molecule has 0 amide bonds. The van der Waals surface area contributed by atoms with Gasteiger partial charge in [0.1, 0.15) is 5.75 Å². The van der Waals surface area contributed by atoms with Gasteiger partial charge in [0.05, 0.1) is 11.6 Å². The minimum absolute atomic E-state index is 0.592. The fourth-order valence-corrected chi connectivity index (χ4v) is 2.38. The second kappa shape index (κ2) is 6.57. The molecule has 0 fully saturated rings. The number of nitrogens with two attached hydrogens (primary N) is 1. The maximum atomic E-state index is 6.00. The normalized spacial score (nSPS) is 10.3. The molecule has 18 heavy (non-hydrogen) atoms. The number of benzene rings is 2. The van der Waals surface area contributed by atoms with E-state index in [0.717, 1.165) is 5.75 Å². The molecule has 2 aromatic rings. The molecule has 0 radical (unpaired) electrons. The van der Waals surface area contributed by atoms with Crippen molar-refractivity contribution in [3.05, 3.63) is 53.6 Å². The van der Waals surface area contributed by atoms with Gasteiger partial charge in [0.2, 0.25) is 0 Å². The molecular weight excluding hydrogens is 266 g/mol. The van der Waals surface area contributed by atoms with Crippen molar-refractivity contribution in [3.63, 3.8) is 0 Å². The summed E-state index contributed by atoms with van der Waals surface area (Å²) in [6.45, 7) is 0.600. The number of rotatable bonds is 5. The van der Waals surface area contributed by atoms with Crippen LogP contribution in [0.25, 0.3) is 0 Å². The Morgan fingerprint density at radius 2 is 1.89 bits per heavy atom. The average Bonchev–Trinajstić information content (AvgIpc) is 2.40. The molecule has 2 aromatic carbocycles. The lowest BCUT2D eigenvalue weighted by Gasteiger charge is -2.08. The summed E-state index contributed by atoms with van der Waals surface area (Å²) >= 11 is 7.76. The Labute approximate surface area is 116 Å². The zero-order valence-corrected chi connectivity index (χ0v) is 11.4. The third-order valence-corrected chi connectivity index (χ3v) is 3.60. The number of nitrogen functional groups attached to an aromatic ring is 1. The van der Waals surface area contributed by atoms with Crippen LogP contribution in [0.4, 0.5) is 5.69 Å². The van der Waals surface area contributed by atoms with Gasteiger partial charge in [0.15, 0.2) is 0 Å². The molecule has 0 saturated heterocycles. The van der Waals surface area contributed by atoms with E-state index in [1.165, 1.54) is 4.90 Å². The first kappa shape index (κ1) is 13.1. The molecule has 0 saturated carbocycles. The SMILES string of the molecule is Nc1ccc(Cl)c(OCCSc2ccccc2)c1. The number of halogens is 1. The second-order valence-corrected chi connectivity index (χ2v) is 5.28. The lowest BCUT2D eigenvalue weighted by atomic mass is 10.3. The standard InChI is InChI=1S/C14H14ClNOS/c15-13-7-6-11(16)10-14(13)17-8-9-18-12-4-2-1-3-5-12/h1-7,10H,8-9,16H2. The fraction of sp³-hybridized carbons (Fsp3) is 0.143. The van der Waals surface area contributed by atoms with Crippen molar-refractivity contribution < 1.29 is 4.74 Å². The first-order valence-corrected chi connectivity index (χ1v) is 6.98. The fourth-order valence-electron chi connectivity index (χ4n) is 1.46. The van der Waals surface area contributed by atoms with Crippen molar-refractivity contribution in [1.29, 1.82) is 0 Å². The molecule has 2 N–H and O–H groups in total. The Morgan fingerprint density at radius 3 is 2.67 bits per heavy atom. The Balaban J connectivity index is 1.80. The number of ether oxygens (including phenoxy) is 1. The van der Waals surface area contributed by atoms with E-state index in [0.29, 0.717) is 23.1 Å². The van der Waals surface area contributed by atoms with Crippen LogP contribution in [0.1, 0.15) is 0 Å². The van der Waals surface area contributed by atoms with Gasteiger partial charge in [-0.2, -0.15) is 0 Å². The lowest BCUT2D eigenvalue weighted by Crippen LogP contribution is -2.01. The molecule has 0 atom stereocenters. The van der Waals surface area contributed by atoms with E-state index in [2.05, 4.69) is 12.1 Å². The highest BCUT2D eigenvalue weighted by molar-refractivity contribution is 7.99.